The molecule has 312 valence electrons. The Kier molecular flexibility index (Phi) is 8.72. The highest BCUT2D eigenvalue weighted by molar-refractivity contribution is 7.26. The van der Waals surface area contributed by atoms with Crippen molar-refractivity contribution in [2.75, 3.05) is 4.90 Å². The second-order valence-electron chi connectivity index (χ2n) is 18.4. The van der Waals surface area contributed by atoms with Crippen molar-refractivity contribution in [3.8, 4) is 44.5 Å². The van der Waals surface area contributed by atoms with E-state index in [2.05, 4.69) is 255 Å². The Labute approximate surface area is 390 Å². The third-order valence-corrected chi connectivity index (χ3v) is 15.8. The Hall–Kier alpha value is -7.78. The molecule has 1 heterocycles. The van der Waals surface area contributed by atoms with Crippen LogP contribution in [0.15, 0.2) is 237 Å². The topological polar surface area (TPSA) is 3.24 Å². The first kappa shape index (κ1) is 38.7. The van der Waals surface area contributed by atoms with Crippen LogP contribution in [0.1, 0.15) is 47.2 Å². The van der Waals surface area contributed by atoms with Crippen LogP contribution in [0.3, 0.4) is 0 Å². The molecule has 0 aliphatic heterocycles. The van der Waals surface area contributed by atoms with Gasteiger partial charge in [0, 0.05) is 42.5 Å². The summed E-state index contributed by atoms with van der Waals surface area (Å²) in [6.07, 6.45) is 0. The van der Waals surface area contributed by atoms with Gasteiger partial charge in [-0.1, -0.05) is 208 Å². The van der Waals surface area contributed by atoms with E-state index in [0.29, 0.717) is 0 Å². The molecule has 0 saturated carbocycles. The van der Waals surface area contributed by atoms with Crippen LogP contribution in [0.4, 0.5) is 17.1 Å². The molecule has 0 unspecified atom stereocenters. The Morgan fingerprint density at radius 1 is 0.364 bits per heavy atom. The summed E-state index contributed by atoms with van der Waals surface area (Å²) in [7, 11) is 0. The fraction of sp³-hybridized carbons (Fsp3) is 0.0625. The van der Waals surface area contributed by atoms with Gasteiger partial charge in [-0.3, -0.25) is 0 Å². The third kappa shape index (κ3) is 5.65. The molecule has 0 bridgehead atoms. The Morgan fingerprint density at radius 2 is 0.939 bits per heavy atom. The molecule has 13 rings (SSSR count). The largest absolute Gasteiger partial charge is 0.310 e. The maximum absolute atomic E-state index is 2.49. The minimum absolute atomic E-state index is 0.127. The molecule has 0 fully saturated rings. The lowest BCUT2D eigenvalue weighted by Gasteiger charge is -2.33. The van der Waals surface area contributed by atoms with Gasteiger partial charge in [0.15, 0.2) is 0 Å². The van der Waals surface area contributed by atoms with Crippen molar-refractivity contribution in [3.05, 3.63) is 270 Å². The maximum atomic E-state index is 2.49. The van der Waals surface area contributed by atoms with Gasteiger partial charge in [0.1, 0.15) is 0 Å². The summed E-state index contributed by atoms with van der Waals surface area (Å²) >= 11 is 1.88. The minimum atomic E-state index is -0.433. The minimum Gasteiger partial charge on any atom is -0.310 e. The number of hydrogen-bond acceptors (Lipinski definition) is 2. The zero-order valence-electron chi connectivity index (χ0n) is 36.9. The highest BCUT2D eigenvalue weighted by Crippen LogP contribution is 2.58. The van der Waals surface area contributed by atoms with E-state index < -0.39 is 5.41 Å². The van der Waals surface area contributed by atoms with Gasteiger partial charge in [0.2, 0.25) is 0 Å². The van der Waals surface area contributed by atoms with Crippen molar-refractivity contribution in [2.45, 2.75) is 24.7 Å². The zero-order valence-corrected chi connectivity index (χ0v) is 37.7. The van der Waals surface area contributed by atoms with Crippen LogP contribution in [0.2, 0.25) is 0 Å². The predicted molar refractivity (Wildman–Crippen MR) is 280 cm³/mol. The first-order valence-corrected chi connectivity index (χ1v) is 23.8. The van der Waals surface area contributed by atoms with Crippen molar-refractivity contribution in [1.29, 1.82) is 0 Å². The van der Waals surface area contributed by atoms with E-state index in [9.17, 15) is 0 Å². The molecule has 2 aliphatic rings. The van der Waals surface area contributed by atoms with Crippen LogP contribution in [0.5, 0.6) is 0 Å². The van der Waals surface area contributed by atoms with Crippen LogP contribution >= 0.6 is 11.3 Å². The number of rotatable bonds is 7. The first-order valence-electron chi connectivity index (χ1n) is 23.0. The fourth-order valence-corrected chi connectivity index (χ4v) is 12.8. The molecule has 0 radical (unpaired) electrons. The molecule has 0 saturated heterocycles. The summed E-state index contributed by atoms with van der Waals surface area (Å²) in [5.41, 5.74) is 20.8. The molecular formula is C64H45NS. The lowest BCUT2D eigenvalue weighted by atomic mass is 9.67. The van der Waals surface area contributed by atoms with Crippen molar-refractivity contribution in [3.63, 3.8) is 0 Å². The van der Waals surface area contributed by atoms with Gasteiger partial charge < -0.3 is 4.90 Å². The molecule has 11 aromatic rings. The van der Waals surface area contributed by atoms with Crippen molar-refractivity contribution in [1.82, 2.24) is 0 Å². The molecule has 1 nitrogen and oxygen atoms in total. The van der Waals surface area contributed by atoms with Gasteiger partial charge >= 0.3 is 0 Å². The first-order chi connectivity index (χ1) is 32.5. The van der Waals surface area contributed by atoms with Gasteiger partial charge in [0.05, 0.1) is 11.1 Å². The molecule has 10 aromatic carbocycles. The van der Waals surface area contributed by atoms with Crippen LogP contribution in [0, 0.1) is 0 Å². The Bertz CT molecular complexity index is 3630. The lowest BCUT2D eigenvalue weighted by molar-refractivity contribution is 0.660. The van der Waals surface area contributed by atoms with Gasteiger partial charge in [-0.2, -0.15) is 0 Å². The fourth-order valence-electron chi connectivity index (χ4n) is 11.6. The van der Waals surface area contributed by atoms with E-state index in [4.69, 9.17) is 0 Å². The van der Waals surface area contributed by atoms with E-state index in [1.807, 2.05) is 11.3 Å². The second kappa shape index (κ2) is 14.9. The quantitative estimate of drug-likeness (QED) is 0.154. The van der Waals surface area contributed by atoms with E-state index in [-0.39, 0.29) is 5.41 Å². The van der Waals surface area contributed by atoms with Crippen LogP contribution in [0.25, 0.3) is 64.7 Å². The molecule has 66 heavy (non-hydrogen) atoms. The van der Waals surface area contributed by atoms with Gasteiger partial charge in [0.25, 0.3) is 0 Å². The lowest BCUT2D eigenvalue weighted by Crippen LogP contribution is -2.28. The average Bonchev–Trinajstić information content (AvgIpc) is 3.99. The number of hydrogen-bond donors (Lipinski definition) is 0. The molecule has 2 heteroatoms. The third-order valence-electron chi connectivity index (χ3n) is 14.6. The second-order valence-corrected chi connectivity index (χ2v) is 19.4. The molecule has 0 atom stereocenters. The number of anilines is 3. The highest BCUT2D eigenvalue weighted by atomic mass is 32.1. The highest BCUT2D eigenvalue weighted by Gasteiger charge is 2.46. The number of thiophene rings is 1. The maximum Gasteiger partial charge on any atom is 0.0713 e. The number of benzene rings is 10. The number of nitrogens with zero attached hydrogens (tertiary/aromatic N) is 1. The summed E-state index contributed by atoms with van der Waals surface area (Å²) in [5.74, 6) is 0. The monoisotopic (exact) mass is 859 g/mol. The van der Waals surface area contributed by atoms with E-state index in [1.54, 1.807) is 0 Å². The van der Waals surface area contributed by atoms with E-state index >= 15 is 0 Å². The van der Waals surface area contributed by atoms with E-state index in [1.165, 1.54) is 104 Å². The number of fused-ring (bicyclic) bond motifs is 9. The molecular weight excluding hydrogens is 815 g/mol. The Balaban J connectivity index is 0.978. The van der Waals surface area contributed by atoms with Crippen LogP contribution in [-0.4, -0.2) is 0 Å². The zero-order chi connectivity index (χ0) is 44.0. The summed E-state index contributed by atoms with van der Waals surface area (Å²) in [6.45, 7) is 4.73. The normalized spacial score (nSPS) is 13.8. The molecule has 0 N–H and O–H groups in total. The SMILES string of the molecule is CC1(C)c2ccccc2-c2c(N(c3ccc(-c4cccc5c4sc4ccccc45)cc3)c3cccc(-c4ccc5c(c4)-c4ccccc4C5(c4ccccc4)c4ccccc4)c3)cccc21. The Morgan fingerprint density at radius 3 is 1.73 bits per heavy atom. The van der Waals surface area contributed by atoms with Crippen molar-refractivity contribution in [2.24, 2.45) is 0 Å². The molecule has 2 aliphatic carbocycles. The van der Waals surface area contributed by atoms with Crippen molar-refractivity contribution >= 4 is 48.6 Å². The van der Waals surface area contributed by atoms with Gasteiger partial charge in [-0.15, -0.1) is 11.3 Å². The smallest absolute Gasteiger partial charge is 0.0713 e. The van der Waals surface area contributed by atoms with Crippen molar-refractivity contribution < 1.29 is 0 Å². The summed E-state index contributed by atoms with van der Waals surface area (Å²) in [6, 6.07) is 88.1. The summed E-state index contributed by atoms with van der Waals surface area (Å²) < 4.78 is 2.65. The predicted octanol–water partition coefficient (Wildman–Crippen LogP) is 17.5. The molecule has 0 amide bonds. The van der Waals surface area contributed by atoms with Crippen LogP contribution < -0.4 is 4.90 Å². The van der Waals surface area contributed by atoms with Crippen LogP contribution in [-0.2, 0) is 10.8 Å². The van der Waals surface area contributed by atoms with E-state index in [0.717, 1.165) is 11.4 Å². The summed E-state index contributed by atoms with van der Waals surface area (Å²) in [5, 5.41) is 2.64. The standard InChI is InChI=1S/C64H45NS/c1-63(2)55-29-12-10-26-53(55)61-58(63)31-17-32-59(61)65(47-37-34-42(35-38-47)49-27-16-28-52-51-25-11-14-33-60(51)66-62(49)52)48-23-15-18-43(40-48)44-36-39-57-54(41-44)50-24-9-13-30-56(50)64(57,45-19-5-3-6-20-45)46-21-7-4-8-22-46/h3-41H,1-2H3. The average molecular weight is 860 g/mol. The van der Waals surface area contributed by atoms with Gasteiger partial charge in [-0.05, 0) is 115 Å². The molecule has 0 spiro atoms. The molecule has 1 aromatic heterocycles. The van der Waals surface area contributed by atoms with Gasteiger partial charge in [-0.25, -0.2) is 0 Å². The summed E-state index contributed by atoms with van der Waals surface area (Å²) in [4.78, 5) is 2.49.